The number of hydrogen-bond donors (Lipinski definition) is 1. The minimum absolute atomic E-state index is 0.169. The first kappa shape index (κ1) is 19.2. The van der Waals surface area contributed by atoms with Gasteiger partial charge in [0.15, 0.2) is 0 Å². The zero-order valence-corrected chi connectivity index (χ0v) is 16.3. The summed E-state index contributed by atoms with van der Waals surface area (Å²) >= 11 is 6.06. The number of nitrogens with zero attached hydrogens (tertiary/aromatic N) is 2. The van der Waals surface area contributed by atoms with Crippen LogP contribution in [0.1, 0.15) is 62.7 Å². The molecule has 0 fully saturated rings. The van der Waals surface area contributed by atoms with Crippen LogP contribution < -0.4 is 4.90 Å². The van der Waals surface area contributed by atoms with Crippen molar-refractivity contribution in [2.75, 3.05) is 11.4 Å². The number of para-hydroxylation sites is 1. The molecule has 4 heteroatoms. The summed E-state index contributed by atoms with van der Waals surface area (Å²) in [6.07, 6.45) is 7.41. The summed E-state index contributed by atoms with van der Waals surface area (Å²) in [5.41, 5.74) is 3.47. The second kappa shape index (κ2) is 9.40. The van der Waals surface area contributed by atoms with Gasteiger partial charge >= 0.3 is 0 Å². The van der Waals surface area contributed by atoms with Crippen LogP contribution in [0.25, 0.3) is 0 Å². The Morgan fingerprint density at radius 3 is 2.42 bits per heavy atom. The number of rotatable bonds is 8. The molecule has 3 nitrogen and oxygen atoms in total. The lowest BCUT2D eigenvalue weighted by atomic mass is 10.0. The van der Waals surface area contributed by atoms with Crippen LogP contribution in [0.4, 0.5) is 5.69 Å². The van der Waals surface area contributed by atoms with Crippen molar-refractivity contribution in [3.63, 3.8) is 0 Å². The topological polar surface area (TPSA) is 26.7 Å². The van der Waals surface area contributed by atoms with Gasteiger partial charge in [0.2, 0.25) is 0 Å². The van der Waals surface area contributed by atoms with E-state index in [-0.39, 0.29) is 6.17 Å². The van der Waals surface area contributed by atoms with E-state index >= 15 is 0 Å². The molecule has 0 aliphatic carbocycles. The Bertz CT molecular complexity index is 689. The van der Waals surface area contributed by atoms with Gasteiger partial charge in [0.1, 0.15) is 6.17 Å². The normalized spacial score (nSPS) is 17.3. The monoisotopic (exact) mass is 372 g/mol. The van der Waals surface area contributed by atoms with Crippen LogP contribution >= 0.6 is 11.6 Å². The third kappa shape index (κ3) is 4.59. The zero-order chi connectivity index (χ0) is 18.4. The van der Waals surface area contributed by atoms with E-state index in [9.17, 15) is 5.21 Å². The number of hydroxylamine groups is 2. The van der Waals surface area contributed by atoms with Crippen molar-refractivity contribution in [1.29, 1.82) is 0 Å². The van der Waals surface area contributed by atoms with Gasteiger partial charge < -0.3 is 10.1 Å². The third-order valence-corrected chi connectivity index (χ3v) is 5.38. The molecule has 1 unspecified atom stereocenters. The van der Waals surface area contributed by atoms with Gasteiger partial charge in [-0.15, -0.1) is 0 Å². The Kier molecular flexibility index (Phi) is 6.95. The van der Waals surface area contributed by atoms with Gasteiger partial charge in [-0.2, -0.15) is 5.06 Å². The molecule has 2 aromatic rings. The maximum Gasteiger partial charge on any atom is 0.131 e. The molecule has 2 aromatic carbocycles. The molecule has 1 N–H and O–H groups in total. The van der Waals surface area contributed by atoms with Gasteiger partial charge in [0.25, 0.3) is 0 Å². The van der Waals surface area contributed by atoms with E-state index in [1.807, 2.05) is 30.3 Å². The Balaban J connectivity index is 1.78. The smallest absolute Gasteiger partial charge is 0.131 e. The number of halogens is 1. The van der Waals surface area contributed by atoms with Crippen molar-refractivity contribution in [1.82, 2.24) is 5.06 Å². The summed E-state index contributed by atoms with van der Waals surface area (Å²) in [6.45, 7) is 3.72. The van der Waals surface area contributed by atoms with Gasteiger partial charge in [-0.1, -0.05) is 81.0 Å². The van der Waals surface area contributed by atoms with Gasteiger partial charge in [-0.3, -0.25) is 0 Å². The van der Waals surface area contributed by atoms with Gasteiger partial charge in [0, 0.05) is 17.3 Å². The summed E-state index contributed by atoms with van der Waals surface area (Å²) in [4.78, 5) is 2.34. The number of anilines is 1. The Hall–Kier alpha value is -1.55. The Morgan fingerprint density at radius 2 is 1.65 bits per heavy atom. The molecule has 0 saturated carbocycles. The van der Waals surface area contributed by atoms with Crippen molar-refractivity contribution in [2.45, 2.75) is 58.2 Å². The number of fused-ring (bicyclic) bond motifs is 1. The summed E-state index contributed by atoms with van der Waals surface area (Å²) in [5.74, 6) is 0. The first-order chi connectivity index (χ1) is 12.7. The average molecular weight is 373 g/mol. The molecule has 140 valence electrons. The first-order valence-corrected chi connectivity index (χ1v) is 10.1. The van der Waals surface area contributed by atoms with Crippen LogP contribution in [0.5, 0.6) is 0 Å². The molecule has 0 bridgehead atoms. The van der Waals surface area contributed by atoms with Gasteiger partial charge in [-0.25, -0.2) is 0 Å². The summed E-state index contributed by atoms with van der Waals surface area (Å²) in [7, 11) is 0. The number of benzene rings is 2. The van der Waals surface area contributed by atoms with Crippen LogP contribution in [0.2, 0.25) is 5.02 Å². The molecular weight excluding hydrogens is 344 g/mol. The molecule has 1 atom stereocenters. The van der Waals surface area contributed by atoms with Crippen LogP contribution in [0.3, 0.4) is 0 Å². The summed E-state index contributed by atoms with van der Waals surface area (Å²) < 4.78 is 0. The van der Waals surface area contributed by atoms with E-state index < -0.39 is 0 Å². The van der Waals surface area contributed by atoms with E-state index in [1.54, 1.807) is 0 Å². The first-order valence-electron chi connectivity index (χ1n) is 9.76. The summed E-state index contributed by atoms with van der Waals surface area (Å²) in [5, 5.41) is 12.9. The SMILES string of the molecule is CCCCCCCCN1c2ccccc2CN(O)C1c1ccc(Cl)cc1. The van der Waals surface area contributed by atoms with Crippen LogP contribution in [0, 0.1) is 0 Å². The lowest BCUT2D eigenvalue weighted by Gasteiger charge is -2.43. The largest absolute Gasteiger partial charge is 0.350 e. The third-order valence-electron chi connectivity index (χ3n) is 5.13. The zero-order valence-electron chi connectivity index (χ0n) is 15.6. The maximum absolute atomic E-state index is 10.7. The minimum atomic E-state index is -0.169. The van der Waals surface area contributed by atoms with Crippen LogP contribution in [0.15, 0.2) is 48.5 Å². The molecular formula is C22H29ClN2O. The highest BCUT2D eigenvalue weighted by Gasteiger charge is 2.32. The molecule has 1 aliphatic rings. The van der Waals surface area contributed by atoms with Crippen molar-refractivity contribution < 1.29 is 5.21 Å². The fourth-order valence-corrected chi connectivity index (χ4v) is 3.90. The van der Waals surface area contributed by atoms with E-state index in [2.05, 4.69) is 30.0 Å². The molecule has 0 spiro atoms. The van der Waals surface area contributed by atoms with E-state index in [4.69, 9.17) is 11.6 Å². The highest BCUT2D eigenvalue weighted by molar-refractivity contribution is 6.30. The van der Waals surface area contributed by atoms with Crippen molar-refractivity contribution in [3.05, 3.63) is 64.7 Å². The number of unbranched alkanes of at least 4 members (excludes halogenated alkanes) is 5. The molecule has 0 saturated heterocycles. The molecule has 0 aromatic heterocycles. The lowest BCUT2D eigenvalue weighted by molar-refractivity contribution is -0.142. The number of hydrogen-bond acceptors (Lipinski definition) is 3. The van der Waals surface area contributed by atoms with Crippen LogP contribution in [-0.2, 0) is 6.54 Å². The quantitative estimate of drug-likeness (QED) is 0.542. The van der Waals surface area contributed by atoms with Gasteiger partial charge in [0.05, 0.1) is 6.54 Å². The molecule has 0 radical (unpaired) electrons. The highest BCUT2D eigenvalue weighted by Crippen LogP contribution is 2.38. The van der Waals surface area contributed by atoms with E-state index in [0.29, 0.717) is 6.54 Å². The van der Waals surface area contributed by atoms with Gasteiger partial charge in [-0.05, 0) is 35.7 Å². The predicted molar refractivity (Wildman–Crippen MR) is 109 cm³/mol. The van der Waals surface area contributed by atoms with Crippen molar-refractivity contribution >= 4 is 17.3 Å². The van der Waals surface area contributed by atoms with Crippen molar-refractivity contribution in [3.8, 4) is 0 Å². The fourth-order valence-electron chi connectivity index (χ4n) is 3.77. The lowest BCUT2D eigenvalue weighted by Crippen LogP contribution is -2.44. The van der Waals surface area contributed by atoms with Crippen LogP contribution in [-0.4, -0.2) is 16.8 Å². The van der Waals surface area contributed by atoms with E-state index in [0.717, 1.165) is 23.6 Å². The van der Waals surface area contributed by atoms with Crippen molar-refractivity contribution in [2.24, 2.45) is 0 Å². The molecule has 3 rings (SSSR count). The second-order valence-corrected chi connectivity index (χ2v) is 7.55. The minimum Gasteiger partial charge on any atom is -0.350 e. The maximum atomic E-state index is 10.7. The average Bonchev–Trinajstić information content (AvgIpc) is 2.65. The Morgan fingerprint density at radius 1 is 0.962 bits per heavy atom. The molecule has 0 amide bonds. The van der Waals surface area contributed by atoms with E-state index in [1.165, 1.54) is 48.4 Å². The molecule has 1 aliphatic heterocycles. The second-order valence-electron chi connectivity index (χ2n) is 7.11. The molecule has 1 heterocycles. The summed E-state index contributed by atoms with van der Waals surface area (Å²) in [6, 6.07) is 16.2. The predicted octanol–water partition coefficient (Wildman–Crippen LogP) is 6.41. The standard InChI is InChI=1S/C22H29ClN2O/c1-2-3-4-5-6-9-16-24-21-11-8-7-10-19(21)17-25(26)22(24)18-12-14-20(23)15-13-18/h7-8,10-15,22,26H,2-6,9,16-17H2,1H3. The Labute approximate surface area is 162 Å². The molecule has 26 heavy (non-hydrogen) atoms. The fraction of sp³-hybridized carbons (Fsp3) is 0.455. The highest BCUT2D eigenvalue weighted by atomic mass is 35.5.